The fourth-order valence-corrected chi connectivity index (χ4v) is 4.08. The summed E-state index contributed by atoms with van der Waals surface area (Å²) < 4.78 is 13.3. The first-order valence-electron chi connectivity index (χ1n) is 8.03. The lowest BCUT2D eigenvalue weighted by Gasteiger charge is -2.13. The van der Waals surface area contributed by atoms with Gasteiger partial charge in [-0.15, -0.1) is 11.8 Å². The van der Waals surface area contributed by atoms with Gasteiger partial charge < -0.3 is 5.11 Å². The monoisotopic (exact) mass is 346 g/mol. The highest BCUT2D eigenvalue weighted by Gasteiger charge is 2.24. The molecule has 126 valence electrons. The zero-order valence-electron chi connectivity index (χ0n) is 13.5. The Labute approximate surface area is 144 Å². The van der Waals surface area contributed by atoms with Crippen LogP contribution in [0.25, 0.3) is 0 Å². The highest BCUT2D eigenvalue weighted by molar-refractivity contribution is 7.98. The minimum absolute atomic E-state index is 0.151. The third kappa shape index (κ3) is 3.75. The third-order valence-corrected chi connectivity index (χ3v) is 5.32. The molecule has 6 heteroatoms. The van der Waals surface area contributed by atoms with Gasteiger partial charge >= 0.3 is 5.97 Å². The normalized spacial score (nSPS) is 14.9. The van der Waals surface area contributed by atoms with Crippen molar-refractivity contribution in [1.82, 2.24) is 9.97 Å². The van der Waals surface area contributed by atoms with Crippen LogP contribution in [-0.2, 0) is 5.75 Å². The predicted octanol–water partition coefficient (Wildman–Crippen LogP) is 4.57. The van der Waals surface area contributed by atoms with Crippen molar-refractivity contribution in [3.05, 3.63) is 52.7 Å². The second-order valence-corrected chi connectivity index (χ2v) is 7.02. The number of aromatic nitrogens is 2. The predicted molar refractivity (Wildman–Crippen MR) is 90.9 cm³/mol. The van der Waals surface area contributed by atoms with Crippen molar-refractivity contribution in [2.45, 2.75) is 49.3 Å². The van der Waals surface area contributed by atoms with E-state index in [0.29, 0.717) is 22.4 Å². The molecule has 1 fully saturated rings. The van der Waals surface area contributed by atoms with E-state index in [1.807, 2.05) is 6.07 Å². The van der Waals surface area contributed by atoms with Crippen molar-refractivity contribution >= 4 is 17.7 Å². The van der Waals surface area contributed by atoms with Crippen LogP contribution in [0.5, 0.6) is 0 Å². The maximum atomic E-state index is 13.3. The Bertz CT molecular complexity index is 761. The van der Waals surface area contributed by atoms with E-state index >= 15 is 0 Å². The summed E-state index contributed by atoms with van der Waals surface area (Å²) >= 11 is 1.33. The molecule has 0 unspecified atom stereocenters. The van der Waals surface area contributed by atoms with Crippen molar-refractivity contribution in [1.29, 1.82) is 0 Å². The lowest BCUT2D eigenvalue weighted by Crippen LogP contribution is -2.11. The molecule has 0 atom stereocenters. The van der Waals surface area contributed by atoms with Gasteiger partial charge in [0.25, 0.3) is 0 Å². The van der Waals surface area contributed by atoms with Crippen molar-refractivity contribution < 1.29 is 14.3 Å². The molecule has 1 aromatic carbocycles. The number of nitrogens with zero attached hydrogens (tertiary/aromatic N) is 2. The molecular formula is C18H19FN2O2S. The first-order valence-corrected chi connectivity index (χ1v) is 9.02. The molecule has 4 nitrogen and oxygen atoms in total. The topological polar surface area (TPSA) is 63.1 Å². The Hall–Kier alpha value is -1.95. The first-order chi connectivity index (χ1) is 11.5. The Balaban J connectivity index is 1.89. The number of rotatable bonds is 5. The van der Waals surface area contributed by atoms with Crippen LogP contribution in [0.2, 0.25) is 0 Å². The zero-order chi connectivity index (χ0) is 17.1. The van der Waals surface area contributed by atoms with Crippen molar-refractivity contribution in [3.63, 3.8) is 0 Å². The number of aromatic carboxylic acids is 1. The van der Waals surface area contributed by atoms with Gasteiger partial charge in [-0.2, -0.15) is 0 Å². The standard InChI is InChI=1S/C18H19FN2O2S/c1-11-15(18(22)23)17(21-16(20-11)13-6-2-3-7-13)24-10-12-5-4-8-14(19)9-12/h4-5,8-9,13H,2-3,6-7,10H2,1H3,(H,22,23). The maximum absolute atomic E-state index is 13.3. The van der Waals surface area contributed by atoms with E-state index < -0.39 is 5.97 Å². The van der Waals surface area contributed by atoms with Crippen molar-refractivity contribution in [2.75, 3.05) is 0 Å². The van der Waals surface area contributed by atoms with E-state index in [1.54, 1.807) is 13.0 Å². The van der Waals surface area contributed by atoms with Gasteiger partial charge in [0.1, 0.15) is 22.2 Å². The first kappa shape index (κ1) is 16.9. The molecule has 0 radical (unpaired) electrons. The van der Waals surface area contributed by atoms with Crippen LogP contribution in [0.15, 0.2) is 29.3 Å². The minimum atomic E-state index is -1.02. The molecule has 3 rings (SSSR count). The van der Waals surface area contributed by atoms with Crippen LogP contribution >= 0.6 is 11.8 Å². The van der Waals surface area contributed by atoms with Crippen LogP contribution in [0, 0.1) is 12.7 Å². The number of hydrogen-bond donors (Lipinski definition) is 1. The summed E-state index contributed by atoms with van der Waals surface area (Å²) in [5.41, 5.74) is 1.45. The number of carbonyl (C=O) groups is 1. The lowest BCUT2D eigenvalue weighted by atomic mass is 10.1. The SMILES string of the molecule is Cc1nc(C2CCCC2)nc(SCc2cccc(F)c2)c1C(=O)O. The Morgan fingerprint density at radius 2 is 2.08 bits per heavy atom. The molecule has 1 heterocycles. The molecule has 0 amide bonds. The molecule has 24 heavy (non-hydrogen) atoms. The van der Waals surface area contributed by atoms with Gasteiger partial charge in [0.05, 0.1) is 5.69 Å². The maximum Gasteiger partial charge on any atom is 0.340 e. The smallest absolute Gasteiger partial charge is 0.340 e. The van der Waals surface area contributed by atoms with E-state index in [4.69, 9.17) is 0 Å². The summed E-state index contributed by atoms with van der Waals surface area (Å²) in [7, 11) is 0. The third-order valence-electron chi connectivity index (χ3n) is 4.27. The van der Waals surface area contributed by atoms with E-state index in [0.717, 1.165) is 24.2 Å². The molecule has 2 aromatic rings. The lowest BCUT2D eigenvalue weighted by molar-refractivity contribution is 0.0690. The molecular weight excluding hydrogens is 327 g/mol. The van der Waals surface area contributed by atoms with Crippen molar-refractivity contribution in [2.24, 2.45) is 0 Å². The molecule has 0 saturated heterocycles. The summed E-state index contributed by atoms with van der Waals surface area (Å²) in [6, 6.07) is 6.32. The van der Waals surface area contributed by atoms with E-state index in [9.17, 15) is 14.3 Å². The number of carboxylic acids is 1. The summed E-state index contributed by atoms with van der Waals surface area (Å²) in [4.78, 5) is 20.6. The molecule has 1 saturated carbocycles. The number of halogens is 1. The molecule has 1 N–H and O–H groups in total. The van der Waals surface area contributed by atoms with Crippen LogP contribution in [0.3, 0.4) is 0 Å². The summed E-state index contributed by atoms with van der Waals surface area (Å²) in [6.07, 6.45) is 4.44. The molecule has 0 bridgehead atoms. The Morgan fingerprint density at radius 1 is 1.33 bits per heavy atom. The average Bonchev–Trinajstić information content (AvgIpc) is 3.06. The number of thioether (sulfide) groups is 1. The van der Waals surface area contributed by atoms with Crippen LogP contribution in [0.4, 0.5) is 4.39 Å². The van der Waals surface area contributed by atoms with Crippen molar-refractivity contribution in [3.8, 4) is 0 Å². The highest BCUT2D eigenvalue weighted by Crippen LogP contribution is 2.34. The van der Waals surface area contributed by atoms with Gasteiger partial charge in [-0.1, -0.05) is 25.0 Å². The highest BCUT2D eigenvalue weighted by atomic mass is 32.2. The fourth-order valence-electron chi connectivity index (χ4n) is 3.06. The van der Waals surface area contributed by atoms with Crippen LogP contribution < -0.4 is 0 Å². The summed E-state index contributed by atoms with van der Waals surface area (Å²) in [5, 5.41) is 9.96. The Morgan fingerprint density at radius 3 is 2.75 bits per heavy atom. The molecule has 1 aromatic heterocycles. The minimum Gasteiger partial charge on any atom is -0.478 e. The van der Waals surface area contributed by atoms with Gasteiger partial charge in [0, 0.05) is 11.7 Å². The fraction of sp³-hybridized carbons (Fsp3) is 0.389. The van der Waals surface area contributed by atoms with Crippen LogP contribution in [0.1, 0.15) is 59.0 Å². The molecule has 0 aliphatic heterocycles. The van der Waals surface area contributed by atoms with Gasteiger partial charge in [-0.25, -0.2) is 19.2 Å². The molecule has 1 aliphatic carbocycles. The summed E-state index contributed by atoms with van der Waals surface area (Å²) in [6.45, 7) is 1.72. The van der Waals surface area contributed by atoms with Gasteiger partial charge in [0.15, 0.2) is 0 Å². The summed E-state index contributed by atoms with van der Waals surface area (Å²) in [5.74, 6) is 0.222. The van der Waals surface area contributed by atoms with Crippen LogP contribution in [-0.4, -0.2) is 21.0 Å². The molecule has 1 aliphatic rings. The molecule has 0 spiro atoms. The number of aryl methyl sites for hydroxylation is 1. The zero-order valence-corrected chi connectivity index (χ0v) is 14.3. The van der Waals surface area contributed by atoms with Gasteiger partial charge in [0.2, 0.25) is 0 Å². The second-order valence-electron chi connectivity index (χ2n) is 6.05. The van der Waals surface area contributed by atoms with Gasteiger partial charge in [-0.05, 0) is 37.5 Å². The number of benzene rings is 1. The Kier molecular flexibility index (Phi) is 5.14. The van der Waals surface area contributed by atoms with E-state index in [-0.39, 0.29) is 11.4 Å². The van der Waals surface area contributed by atoms with Gasteiger partial charge in [-0.3, -0.25) is 0 Å². The average molecular weight is 346 g/mol. The van der Waals surface area contributed by atoms with E-state index in [1.165, 1.54) is 36.7 Å². The quantitative estimate of drug-likeness (QED) is 0.634. The van der Waals surface area contributed by atoms with E-state index in [2.05, 4.69) is 9.97 Å². The second kappa shape index (κ2) is 7.30. The number of carboxylic acid groups (broad SMARTS) is 1. The number of hydrogen-bond acceptors (Lipinski definition) is 4. The largest absolute Gasteiger partial charge is 0.478 e.